The maximum Gasteiger partial charge on any atom is 0.374 e. The second-order valence-corrected chi connectivity index (χ2v) is 6.31. The van der Waals surface area contributed by atoms with Gasteiger partial charge in [-0.1, -0.05) is 29.8 Å². The number of hydrogen-bond donors (Lipinski definition) is 0. The molecule has 0 aliphatic carbocycles. The SMILES string of the molecule is CCOC(=O)c1oc2ccccc2c1COC(=O)c1c(C)cc(C)nc1Cl. The summed E-state index contributed by atoms with van der Waals surface area (Å²) >= 11 is 6.10. The normalized spacial score (nSPS) is 10.8. The van der Waals surface area contributed by atoms with Crippen molar-refractivity contribution >= 4 is 34.5 Å². The summed E-state index contributed by atoms with van der Waals surface area (Å²) < 4.78 is 16.1. The number of benzene rings is 1. The van der Waals surface area contributed by atoms with Crippen molar-refractivity contribution in [2.75, 3.05) is 6.61 Å². The number of halogens is 1. The number of aryl methyl sites for hydroxylation is 2. The Bertz CT molecular complexity index is 1000. The molecule has 0 amide bonds. The van der Waals surface area contributed by atoms with Crippen LogP contribution in [-0.4, -0.2) is 23.5 Å². The van der Waals surface area contributed by atoms with E-state index < -0.39 is 11.9 Å². The van der Waals surface area contributed by atoms with E-state index in [9.17, 15) is 9.59 Å². The number of carbonyl (C=O) groups excluding carboxylic acids is 2. The van der Waals surface area contributed by atoms with E-state index in [1.54, 1.807) is 45.0 Å². The minimum Gasteiger partial charge on any atom is -0.460 e. The Morgan fingerprint density at radius 3 is 2.59 bits per heavy atom. The summed E-state index contributed by atoms with van der Waals surface area (Å²) in [6.07, 6.45) is 0. The molecular weight excluding hydrogens is 370 g/mol. The number of ether oxygens (including phenoxy) is 2. The van der Waals surface area contributed by atoms with Crippen molar-refractivity contribution < 1.29 is 23.5 Å². The fourth-order valence-corrected chi connectivity index (χ4v) is 3.21. The number of fused-ring (bicyclic) bond motifs is 1. The van der Waals surface area contributed by atoms with Gasteiger partial charge in [-0.3, -0.25) is 0 Å². The highest BCUT2D eigenvalue weighted by Gasteiger charge is 2.24. The predicted octanol–water partition coefficient (Wildman–Crippen LogP) is 4.63. The van der Waals surface area contributed by atoms with Gasteiger partial charge in [-0.2, -0.15) is 0 Å². The molecule has 140 valence electrons. The molecule has 3 rings (SSSR count). The molecule has 0 unspecified atom stereocenters. The van der Waals surface area contributed by atoms with Crippen molar-refractivity contribution in [3.8, 4) is 0 Å². The van der Waals surface area contributed by atoms with Gasteiger partial charge in [-0.05, 0) is 38.5 Å². The minimum atomic E-state index is -0.620. The Labute approximate surface area is 161 Å². The van der Waals surface area contributed by atoms with Crippen LogP contribution in [0.25, 0.3) is 11.0 Å². The first kappa shape index (κ1) is 18.9. The molecule has 0 bridgehead atoms. The lowest BCUT2D eigenvalue weighted by Gasteiger charge is -2.09. The molecule has 2 heterocycles. The number of aromatic nitrogens is 1. The van der Waals surface area contributed by atoms with Gasteiger partial charge in [-0.15, -0.1) is 0 Å². The first-order valence-corrected chi connectivity index (χ1v) is 8.78. The number of furan rings is 1. The lowest BCUT2D eigenvalue weighted by molar-refractivity contribution is 0.0434. The fraction of sp³-hybridized carbons (Fsp3) is 0.250. The lowest BCUT2D eigenvalue weighted by atomic mass is 10.1. The molecule has 6 nitrogen and oxygen atoms in total. The van der Waals surface area contributed by atoms with E-state index in [-0.39, 0.29) is 29.7 Å². The molecule has 0 aliphatic heterocycles. The third-order valence-electron chi connectivity index (χ3n) is 4.01. The van der Waals surface area contributed by atoms with Crippen LogP contribution in [0, 0.1) is 13.8 Å². The maximum atomic E-state index is 12.5. The van der Waals surface area contributed by atoms with E-state index >= 15 is 0 Å². The Balaban J connectivity index is 1.92. The molecule has 0 N–H and O–H groups in total. The second kappa shape index (κ2) is 7.80. The smallest absolute Gasteiger partial charge is 0.374 e. The third kappa shape index (κ3) is 3.80. The second-order valence-electron chi connectivity index (χ2n) is 5.95. The molecule has 0 radical (unpaired) electrons. The van der Waals surface area contributed by atoms with Crippen LogP contribution in [0.4, 0.5) is 0 Å². The first-order valence-electron chi connectivity index (χ1n) is 8.40. The van der Waals surface area contributed by atoms with Gasteiger partial charge in [0.25, 0.3) is 0 Å². The predicted molar refractivity (Wildman–Crippen MR) is 100 cm³/mol. The topological polar surface area (TPSA) is 78.6 Å². The molecule has 0 aliphatic rings. The van der Waals surface area contributed by atoms with Gasteiger partial charge in [0.15, 0.2) is 0 Å². The zero-order valence-electron chi connectivity index (χ0n) is 15.2. The average Bonchev–Trinajstić information content (AvgIpc) is 2.98. The third-order valence-corrected chi connectivity index (χ3v) is 4.28. The number of para-hydroxylation sites is 1. The fourth-order valence-electron chi connectivity index (χ4n) is 2.85. The van der Waals surface area contributed by atoms with E-state index in [0.717, 1.165) is 0 Å². The molecule has 0 spiro atoms. The van der Waals surface area contributed by atoms with Crippen LogP contribution in [0.1, 0.15) is 44.7 Å². The van der Waals surface area contributed by atoms with Crippen molar-refractivity contribution in [1.29, 1.82) is 0 Å². The first-order chi connectivity index (χ1) is 12.9. The van der Waals surface area contributed by atoms with Gasteiger partial charge in [0.2, 0.25) is 5.76 Å². The van der Waals surface area contributed by atoms with Gasteiger partial charge in [0, 0.05) is 11.1 Å². The number of pyridine rings is 1. The largest absolute Gasteiger partial charge is 0.460 e. The number of hydrogen-bond acceptors (Lipinski definition) is 6. The van der Waals surface area contributed by atoms with Crippen molar-refractivity contribution in [1.82, 2.24) is 4.98 Å². The minimum absolute atomic E-state index is 0.0238. The Kier molecular flexibility index (Phi) is 5.46. The van der Waals surface area contributed by atoms with E-state index in [2.05, 4.69) is 4.98 Å². The van der Waals surface area contributed by atoms with Crippen LogP contribution in [0.2, 0.25) is 5.15 Å². The highest BCUT2D eigenvalue weighted by molar-refractivity contribution is 6.32. The summed E-state index contributed by atoms with van der Waals surface area (Å²) in [5.74, 6) is -1.20. The highest BCUT2D eigenvalue weighted by Crippen LogP contribution is 2.28. The molecule has 0 fully saturated rings. The Morgan fingerprint density at radius 1 is 1.15 bits per heavy atom. The van der Waals surface area contributed by atoms with Crippen LogP contribution < -0.4 is 0 Å². The quantitative estimate of drug-likeness (QED) is 0.469. The van der Waals surface area contributed by atoms with Gasteiger partial charge < -0.3 is 13.9 Å². The van der Waals surface area contributed by atoms with E-state index in [4.69, 9.17) is 25.5 Å². The highest BCUT2D eigenvalue weighted by atomic mass is 35.5. The molecule has 2 aromatic heterocycles. The number of rotatable bonds is 5. The van der Waals surface area contributed by atoms with Crippen LogP contribution in [-0.2, 0) is 16.1 Å². The van der Waals surface area contributed by atoms with Crippen molar-refractivity contribution in [2.45, 2.75) is 27.4 Å². The summed E-state index contributed by atoms with van der Waals surface area (Å²) in [7, 11) is 0. The number of nitrogens with zero attached hydrogens (tertiary/aromatic N) is 1. The monoisotopic (exact) mass is 387 g/mol. The molecule has 7 heteroatoms. The summed E-state index contributed by atoms with van der Waals surface area (Å²) in [4.78, 5) is 28.8. The van der Waals surface area contributed by atoms with Crippen molar-refractivity contribution in [3.63, 3.8) is 0 Å². The lowest BCUT2D eigenvalue weighted by Crippen LogP contribution is -2.12. The van der Waals surface area contributed by atoms with E-state index in [0.29, 0.717) is 27.8 Å². The Hall–Kier alpha value is -2.86. The van der Waals surface area contributed by atoms with Gasteiger partial charge in [0.1, 0.15) is 17.3 Å². The summed E-state index contributed by atoms with van der Waals surface area (Å²) in [6.45, 7) is 5.30. The molecule has 3 aromatic rings. The number of esters is 2. The molecular formula is C20H18ClNO5. The maximum absolute atomic E-state index is 12.5. The van der Waals surface area contributed by atoms with Gasteiger partial charge in [-0.25, -0.2) is 14.6 Å². The number of carbonyl (C=O) groups is 2. The van der Waals surface area contributed by atoms with E-state index in [1.165, 1.54) is 0 Å². The zero-order chi connectivity index (χ0) is 19.6. The Morgan fingerprint density at radius 2 is 1.89 bits per heavy atom. The van der Waals surface area contributed by atoms with Crippen LogP contribution in [0.5, 0.6) is 0 Å². The zero-order valence-corrected chi connectivity index (χ0v) is 15.9. The van der Waals surface area contributed by atoms with Crippen LogP contribution in [0.15, 0.2) is 34.7 Å². The summed E-state index contributed by atoms with van der Waals surface area (Å²) in [5.41, 5.74) is 2.54. The van der Waals surface area contributed by atoms with Gasteiger partial charge >= 0.3 is 11.9 Å². The summed E-state index contributed by atoms with van der Waals surface area (Å²) in [6, 6.07) is 8.87. The average molecular weight is 388 g/mol. The molecule has 27 heavy (non-hydrogen) atoms. The van der Waals surface area contributed by atoms with Gasteiger partial charge in [0.05, 0.1) is 17.7 Å². The van der Waals surface area contributed by atoms with E-state index in [1.807, 2.05) is 6.07 Å². The molecule has 0 saturated carbocycles. The van der Waals surface area contributed by atoms with Crippen LogP contribution >= 0.6 is 11.6 Å². The van der Waals surface area contributed by atoms with Crippen molar-refractivity contribution in [3.05, 3.63) is 63.6 Å². The van der Waals surface area contributed by atoms with Crippen LogP contribution in [0.3, 0.4) is 0 Å². The van der Waals surface area contributed by atoms with Crippen molar-refractivity contribution in [2.24, 2.45) is 0 Å². The summed E-state index contributed by atoms with van der Waals surface area (Å²) in [5, 5.41) is 0.762. The standard InChI is InChI=1S/C20H18ClNO5/c1-4-25-20(24)17-14(13-7-5-6-8-15(13)27-17)10-26-19(23)16-11(2)9-12(3)22-18(16)21/h5-9H,4,10H2,1-3H3. The molecule has 0 atom stereocenters. The molecule has 1 aromatic carbocycles. The molecule has 0 saturated heterocycles.